The molecule has 0 aliphatic carbocycles. The maximum absolute atomic E-state index is 11.6. The van der Waals surface area contributed by atoms with Crippen LogP contribution in [0.3, 0.4) is 0 Å². The minimum Gasteiger partial charge on any atom is -0.508 e. The minimum absolute atomic E-state index is 0.0114. The van der Waals surface area contributed by atoms with E-state index in [9.17, 15) is 20.1 Å². The molecule has 0 saturated carbocycles. The van der Waals surface area contributed by atoms with Crippen LogP contribution < -0.4 is 10.4 Å². The Morgan fingerprint density at radius 3 is 2.38 bits per heavy atom. The Morgan fingerprint density at radius 1 is 1.00 bits per heavy atom. The number of hydrogen-bond acceptors (Lipinski definition) is 6. The third kappa shape index (κ3) is 1.76. The van der Waals surface area contributed by atoms with Crippen molar-refractivity contribution >= 4 is 21.7 Å². The van der Waals surface area contributed by atoms with Gasteiger partial charge in [-0.05, 0) is 36.1 Å². The topological polar surface area (TPSA) is 100 Å². The largest absolute Gasteiger partial charge is 0.508 e. The van der Waals surface area contributed by atoms with E-state index >= 15 is 0 Å². The van der Waals surface area contributed by atoms with Crippen LogP contribution in [0.15, 0.2) is 27.4 Å². The lowest BCUT2D eigenvalue weighted by atomic mass is 10.0. The zero-order chi connectivity index (χ0) is 15.3. The molecule has 0 atom stereocenters. The Balaban J connectivity index is 2.63. The van der Waals surface area contributed by atoms with Crippen LogP contribution in [0.25, 0.3) is 21.7 Å². The summed E-state index contributed by atoms with van der Waals surface area (Å²) in [7, 11) is 1.30. The lowest BCUT2D eigenvalue weighted by molar-refractivity contribution is 0.355. The van der Waals surface area contributed by atoms with Gasteiger partial charge in [0.25, 0.3) is 0 Å². The van der Waals surface area contributed by atoms with Crippen molar-refractivity contribution in [3.05, 3.63) is 34.2 Å². The van der Waals surface area contributed by atoms with Crippen molar-refractivity contribution in [3.63, 3.8) is 0 Å². The molecule has 0 amide bonds. The summed E-state index contributed by atoms with van der Waals surface area (Å²) in [4.78, 5) is 11.6. The van der Waals surface area contributed by atoms with Gasteiger partial charge in [-0.1, -0.05) is 0 Å². The van der Waals surface area contributed by atoms with Crippen LogP contribution in [0.4, 0.5) is 0 Å². The van der Waals surface area contributed by atoms with Crippen LogP contribution in [0, 0.1) is 6.92 Å². The van der Waals surface area contributed by atoms with E-state index in [1.165, 1.54) is 13.2 Å². The van der Waals surface area contributed by atoms with Crippen molar-refractivity contribution in [3.8, 4) is 23.0 Å². The van der Waals surface area contributed by atoms with Crippen LogP contribution in [-0.2, 0) is 0 Å². The van der Waals surface area contributed by atoms with Crippen molar-refractivity contribution < 1.29 is 24.5 Å². The normalized spacial score (nSPS) is 11.1. The molecule has 6 nitrogen and oxygen atoms in total. The van der Waals surface area contributed by atoms with E-state index in [2.05, 4.69) is 0 Å². The van der Waals surface area contributed by atoms with Gasteiger partial charge in [-0.15, -0.1) is 0 Å². The second-order valence-corrected chi connectivity index (χ2v) is 4.73. The Labute approximate surface area is 118 Å². The van der Waals surface area contributed by atoms with Gasteiger partial charge < -0.3 is 24.5 Å². The van der Waals surface area contributed by atoms with Crippen LogP contribution in [0.2, 0.25) is 0 Å². The van der Waals surface area contributed by atoms with Gasteiger partial charge in [0.15, 0.2) is 17.1 Å². The molecule has 3 N–H and O–H groups in total. The number of ether oxygens (including phenoxy) is 1. The molecule has 1 aromatic heterocycles. The number of methoxy groups -OCH3 is 1. The van der Waals surface area contributed by atoms with E-state index in [4.69, 9.17) is 9.15 Å². The third-order valence-electron chi connectivity index (χ3n) is 3.43. The molecule has 0 spiro atoms. The molecule has 3 aromatic rings. The third-order valence-corrected chi connectivity index (χ3v) is 3.43. The van der Waals surface area contributed by atoms with Gasteiger partial charge in [0, 0.05) is 5.39 Å². The standard InChI is InChI=1S/C15H12O6/c1-6-3-7(16)4-9-8(6)5-10-13(20-2)12(18)15(19)21-14(10)11(9)17/h3-5,16-18H,1-2H3. The summed E-state index contributed by atoms with van der Waals surface area (Å²) < 4.78 is 9.97. The maximum Gasteiger partial charge on any atom is 0.382 e. The molecule has 21 heavy (non-hydrogen) atoms. The number of phenolic OH excluding ortho intramolecular Hbond substituents is 2. The molecule has 0 aliphatic rings. The van der Waals surface area contributed by atoms with Gasteiger partial charge >= 0.3 is 5.63 Å². The van der Waals surface area contributed by atoms with Crippen molar-refractivity contribution in [2.75, 3.05) is 7.11 Å². The molecular weight excluding hydrogens is 276 g/mol. The lowest BCUT2D eigenvalue weighted by Gasteiger charge is -2.11. The quantitative estimate of drug-likeness (QED) is 0.469. The zero-order valence-corrected chi connectivity index (χ0v) is 11.3. The molecule has 0 unspecified atom stereocenters. The van der Waals surface area contributed by atoms with Crippen molar-refractivity contribution in [1.29, 1.82) is 0 Å². The second kappa shape index (κ2) is 4.31. The summed E-state index contributed by atoms with van der Waals surface area (Å²) in [6, 6.07) is 4.54. The van der Waals surface area contributed by atoms with Gasteiger partial charge in [0.2, 0.25) is 5.75 Å². The van der Waals surface area contributed by atoms with Crippen LogP contribution in [-0.4, -0.2) is 22.4 Å². The predicted octanol–water partition coefficient (Wildman–Crippen LogP) is 2.38. The second-order valence-electron chi connectivity index (χ2n) is 4.73. The highest BCUT2D eigenvalue weighted by atomic mass is 16.5. The summed E-state index contributed by atoms with van der Waals surface area (Å²) in [5.41, 5.74) is -0.395. The van der Waals surface area contributed by atoms with E-state index in [0.29, 0.717) is 10.8 Å². The van der Waals surface area contributed by atoms with E-state index in [-0.39, 0.29) is 28.2 Å². The predicted molar refractivity (Wildman–Crippen MR) is 76.3 cm³/mol. The highest BCUT2D eigenvalue weighted by molar-refractivity contribution is 6.06. The van der Waals surface area contributed by atoms with E-state index in [0.717, 1.165) is 5.56 Å². The fraction of sp³-hybridized carbons (Fsp3) is 0.133. The first-order valence-electron chi connectivity index (χ1n) is 6.13. The van der Waals surface area contributed by atoms with Gasteiger partial charge in [-0.3, -0.25) is 0 Å². The lowest BCUT2D eigenvalue weighted by Crippen LogP contribution is -2.01. The summed E-state index contributed by atoms with van der Waals surface area (Å²) in [6.45, 7) is 1.76. The Morgan fingerprint density at radius 2 is 1.71 bits per heavy atom. The number of hydrogen-bond donors (Lipinski definition) is 3. The first kappa shape index (κ1) is 13.1. The molecule has 0 aliphatic heterocycles. The summed E-state index contributed by atoms with van der Waals surface area (Å²) >= 11 is 0. The molecule has 1 heterocycles. The highest BCUT2D eigenvalue weighted by Gasteiger charge is 2.19. The van der Waals surface area contributed by atoms with E-state index in [1.807, 2.05) is 0 Å². The van der Waals surface area contributed by atoms with Crippen molar-refractivity contribution in [2.24, 2.45) is 0 Å². The molecule has 108 valence electrons. The number of rotatable bonds is 1. The average molecular weight is 288 g/mol. The number of phenols is 2. The van der Waals surface area contributed by atoms with Crippen LogP contribution in [0.1, 0.15) is 5.56 Å². The van der Waals surface area contributed by atoms with E-state index < -0.39 is 11.4 Å². The smallest absolute Gasteiger partial charge is 0.382 e. The molecule has 0 bridgehead atoms. The number of aryl methyl sites for hydroxylation is 1. The minimum atomic E-state index is -1.01. The van der Waals surface area contributed by atoms with Gasteiger partial charge in [-0.2, -0.15) is 0 Å². The summed E-state index contributed by atoms with van der Waals surface area (Å²) in [5, 5.41) is 30.9. The summed E-state index contributed by atoms with van der Waals surface area (Å²) in [5.74, 6) is -1.02. The number of aromatic hydroxyl groups is 3. The highest BCUT2D eigenvalue weighted by Crippen LogP contribution is 2.42. The molecular formula is C15H12O6. The Kier molecular flexibility index (Phi) is 2.69. The first-order valence-corrected chi connectivity index (χ1v) is 6.13. The molecule has 2 aromatic carbocycles. The summed E-state index contributed by atoms with van der Waals surface area (Å²) in [6.07, 6.45) is 0. The molecule has 3 rings (SSSR count). The fourth-order valence-corrected chi connectivity index (χ4v) is 2.47. The fourth-order valence-electron chi connectivity index (χ4n) is 2.47. The first-order chi connectivity index (χ1) is 9.93. The molecule has 0 fully saturated rings. The molecule has 0 saturated heterocycles. The number of fused-ring (bicyclic) bond motifs is 2. The monoisotopic (exact) mass is 288 g/mol. The van der Waals surface area contributed by atoms with Crippen molar-refractivity contribution in [1.82, 2.24) is 0 Å². The molecule has 6 heteroatoms. The molecule has 0 radical (unpaired) electrons. The Hall–Kier alpha value is -2.89. The number of benzene rings is 2. The van der Waals surface area contributed by atoms with Gasteiger partial charge in [0.1, 0.15) is 5.75 Å². The van der Waals surface area contributed by atoms with Gasteiger partial charge in [0.05, 0.1) is 12.5 Å². The van der Waals surface area contributed by atoms with Crippen molar-refractivity contribution in [2.45, 2.75) is 6.92 Å². The van der Waals surface area contributed by atoms with Gasteiger partial charge in [-0.25, -0.2) is 4.79 Å². The average Bonchev–Trinajstić information content (AvgIpc) is 2.43. The van der Waals surface area contributed by atoms with Crippen LogP contribution >= 0.6 is 0 Å². The zero-order valence-electron chi connectivity index (χ0n) is 11.3. The SMILES string of the molecule is COc1c(O)c(=O)oc2c(O)c3cc(O)cc(C)c3cc12. The Bertz CT molecular complexity index is 939. The van der Waals surface area contributed by atoms with Crippen LogP contribution in [0.5, 0.6) is 23.0 Å². The maximum atomic E-state index is 11.6. The van der Waals surface area contributed by atoms with E-state index in [1.54, 1.807) is 19.1 Å².